The van der Waals surface area contributed by atoms with Crippen molar-refractivity contribution in [3.63, 3.8) is 0 Å². The second kappa shape index (κ2) is 7.92. The molecule has 5 aromatic carbocycles. The highest BCUT2D eigenvalue weighted by Crippen LogP contribution is 2.29. The van der Waals surface area contributed by atoms with Gasteiger partial charge in [-0.3, -0.25) is 0 Å². The van der Waals surface area contributed by atoms with E-state index in [4.69, 9.17) is 5.73 Å². The monoisotopic (exact) mass is 388 g/mol. The third kappa shape index (κ3) is 3.85. The van der Waals surface area contributed by atoms with Gasteiger partial charge in [0, 0.05) is 24.5 Å². The Morgan fingerprint density at radius 2 is 1.03 bits per heavy atom. The highest BCUT2D eigenvalue weighted by Gasteiger charge is 2.10. The summed E-state index contributed by atoms with van der Waals surface area (Å²) in [4.78, 5) is 2.44. The molecular formula is C28H24N2. The lowest BCUT2D eigenvalue weighted by Crippen LogP contribution is -2.22. The maximum atomic E-state index is 5.97. The van der Waals surface area contributed by atoms with Gasteiger partial charge in [-0.05, 0) is 69.1 Å². The molecule has 0 unspecified atom stereocenters. The summed E-state index contributed by atoms with van der Waals surface area (Å²) in [6.07, 6.45) is 0. The maximum Gasteiger partial charge on any atom is 0.0433 e. The standard InChI is InChI=1S/C28H24N2/c29-27-13-11-23-16-26-18-28(14-12-24(26)15-25(23)17-27)30(19-21-7-3-1-4-8-21)20-22-9-5-2-6-10-22/h1-18H,19-20,29H2. The van der Waals surface area contributed by atoms with Crippen LogP contribution < -0.4 is 10.6 Å². The Morgan fingerprint density at radius 1 is 0.500 bits per heavy atom. The van der Waals surface area contributed by atoms with Crippen molar-refractivity contribution >= 4 is 32.9 Å². The van der Waals surface area contributed by atoms with Crippen LogP contribution in [0.3, 0.4) is 0 Å². The lowest BCUT2D eigenvalue weighted by molar-refractivity contribution is 0.801. The molecule has 0 aromatic heterocycles. The number of hydrogen-bond donors (Lipinski definition) is 1. The molecule has 146 valence electrons. The Bertz CT molecular complexity index is 1250. The lowest BCUT2D eigenvalue weighted by Gasteiger charge is -2.26. The average Bonchev–Trinajstić information content (AvgIpc) is 2.78. The fourth-order valence-electron chi connectivity index (χ4n) is 4.05. The van der Waals surface area contributed by atoms with Crippen molar-refractivity contribution in [1.29, 1.82) is 0 Å². The van der Waals surface area contributed by atoms with Crippen LogP contribution in [0.15, 0.2) is 109 Å². The Balaban J connectivity index is 1.56. The van der Waals surface area contributed by atoms with Gasteiger partial charge in [0.2, 0.25) is 0 Å². The number of rotatable bonds is 5. The number of hydrogen-bond acceptors (Lipinski definition) is 2. The SMILES string of the molecule is Nc1ccc2cc3cc(N(Cc4ccccc4)Cc4ccccc4)ccc3cc2c1. The van der Waals surface area contributed by atoms with Crippen LogP contribution in [-0.4, -0.2) is 0 Å². The zero-order valence-corrected chi connectivity index (χ0v) is 16.8. The second-order valence-corrected chi connectivity index (χ2v) is 7.82. The molecule has 2 N–H and O–H groups in total. The molecule has 0 aliphatic heterocycles. The van der Waals surface area contributed by atoms with Gasteiger partial charge in [-0.1, -0.05) is 72.8 Å². The minimum Gasteiger partial charge on any atom is -0.399 e. The third-order valence-corrected chi connectivity index (χ3v) is 5.60. The normalized spacial score (nSPS) is 11.1. The van der Waals surface area contributed by atoms with Gasteiger partial charge >= 0.3 is 0 Å². The molecule has 0 fully saturated rings. The lowest BCUT2D eigenvalue weighted by atomic mass is 10.0. The van der Waals surface area contributed by atoms with Crippen LogP contribution >= 0.6 is 0 Å². The van der Waals surface area contributed by atoms with Gasteiger partial charge < -0.3 is 10.6 Å². The summed E-state index contributed by atoms with van der Waals surface area (Å²) in [5.41, 5.74) is 10.6. The largest absolute Gasteiger partial charge is 0.399 e. The van der Waals surface area contributed by atoms with Gasteiger partial charge in [-0.2, -0.15) is 0 Å². The van der Waals surface area contributed by atoms with Crippen LogP contribution in [0.1, 0.15) is 11.1 Å². The van der Waals surface area contributed by atoms with Gasteiger partial charge in [-0.25, -0.2) is 0 Å². The van der Waals surface area contributed by atoms with E-state index in [1.165, 1.54) is 38.4 Å². The predicted molar refractivity (Wildman–Crippen MR) is 129 cm³/mol. The zero-order chi connectivity index (χ0) is 20.3. The molecule has 30 heavy (non-hydrogen) atoms. The van der Waals surface area contributed by atoms with Crippen LogP contribution in [-0.2, 0) is 13.1 Å². The molecule has 0 saturated carbocycles. The summed E-state index contributed by atoms with van der Waals surface area (Å²) in [5.74, 6) is 0. The minimum atomic E-state index is 0.801. The van der Waals surface area contributed by atoms with Gasteiger partial charge in [0.1, 0.15) is 0 Å². The van der Waals surface area contributed by atoms with E-state index in [1.807, 2.05) is 12.1 Å². The molecule has 5 rings (SSSR count). The van der Waals surface area contributed by atoms with Crippen molar-refractivity contribution in [1.82, 2.24) is 0 Å². The van der Waals surface area contributed by atoms with E-state index in [1.54, 1.807) is 0 Å². The number of nitrogen functional groups attached to an aromatic ring is 1. The number of nitrogens with two attached hydrogens (primary N) is 1. The summed E-state index contributed by atoms with van der Waals surface area (Å²) in [7, 11) is 0. The van der Waals surface area contributed by atoms with E-state index in [0.717, 1.165) is 18.8 Å². The van der Waals surface area contributed by atoms with Crippen LogP contribution in [0.5, 0.6) is 0 Å². The first-order chi connectivity index (χ1) is 14.7. The van der Waals surface area contributed by atoms with Crippen molar-refractivity contribution in [2.24, 2.45) is 0 Å². The first kappa shape index (κ1) is 18.3. The molecule has 0 saturated heterocycles. The summed E-state index contributed by atoms with van der Waals surface area (Å²) >= 11 is 0. The number of nitrogens with zero attached hydrogens (tertiary/aromatic N) is 1. The van der Waals surface area contributed by atoms with Gasteiger partial charge in [0.15, 0.2) is 0 Å². The van der Waals surface area contributed by atoms with E-state index < -0.39 is 0 Å². The fourth-order valence-corrected chi connectivity index (χ4v) is 4.05. The molecule has 0 amide bonds. The maximum absolute atomic E-state index is 5.97. The first-order valence-electron chi connectivity index (χ1n) is 10.3. The van der Waals surface area contributed by atoms with E-state index in [0.29, 0.717) is 0 Å². The number of anilines is 2. The van der Waals surface area contributed by atoms with E-state index in [2.05, 4.69) is 102 Å². The molecule has 0 heterocycles. The molecule has 0 radical (unpaired) electrons. The Kier molecular flexibility index (Phi) is 4.82. The minimum absolute atomic E-state index is 0.801. The third-order valence-electron chi connectivity index (χ3n) is 5.60. The molecule has 0 aliphatic rings. The Hall–Kier alpha value is -3.78. The highest BCUT2D eigenvalue weighted by molar-refractivity contribution is 6.00. The number of fused-ring (bicyclic) bond motifs is 2. The second-order valence-electron chi connectivity index (χ2n) is 7.82. The quantitative estimate of drug-likeness (QED) is 0.265. The van der Waals surface area contributed by atoms with Crippen molar-refractivity contribution in [2.75, 3.05) is 10.6 Å². The first-order valence-corrected chi connectivity index (χ1v) is 10.3. The van der Waals surface area contributed by atoms with Gasteiger partial charge in [-0.15, -0.1) is 0 Å². The molecular weight excluding hydrogens is 364 g/mol. The van der Waals surface area contributed by atoms with E-state index >= 15 is 0 Å². The molecule has 0 atom stereocenters. The Labute approximate surface area is 177 Å². The van der Waals surface area contributed by atoms with Crippen LogP contribution in [0, 0.1) is 0 Å². The average molecular weight is 389 g/mol. The van der Waals surface area contributed by atoms with Gasteiger partial charge in [0.25, 0.3) is 0 Å². The van der Waals surface area contributed by atoms with E-state index in [9.17, 15) is 0 Å². The van der Waals surface area contributed by atoms with Crippen molar-refractivity contribution in [2.45, 2.75) is 13.1 Å². The van der Waals surface area contributed by atoms with Crippen molar-refractivity contribution < 1.29 is 0 Å². The Morgan fingerprint density at radius 3 is 1.63 bits per heavy atom. The summed E-state index contributed by atoms with van der Waals surface area (Å²) < 4.78 is 0. The van der Waals surface area contributed by atoms with E-state index in [-0.39, 0.29) is 0 Å². The predicted octanol–water partition coefficient (Wildman–Crippen LogP) is 6.78. The van der Waals surface area contributed by atoms with Crippen LogP contribution in [0.4, 0.5) is 11.4 Å². The smallest absolute Gasteiger partial charge is 0.0433 e. The van der Waals surface area contributed by atoms with Crippen molar-refractivity contribution in [3.8, 4) is 0 Å². The molecule has 0 spiro atoms. The summed E-state index contributed by atoms with van der Waals surface area (Å²) in [5, 5.41) is 4.87. The zero-order valence-electron chi connectivity index (χ0n) is 16.8. The van der Waals surface area contributed by atoms with Crippen LogP contribution in [0.25, 0.3) is 21.5 Å². The summed E-state index contributed by atoms with van der Waals surface area (Å²) in [6.45, 7) is 1.73. The number of benzene rings is 5. The van der Waals surface area contributed by atoms with Crippen LogP contribution in [0.2, 0.25) is 0 Å². The molecule has 0 bridgehead atoms. The van der Waals surface area contributed by atoms with Gasteiger partial charge in [0.05, 0.1) is 0 Å². The molecule has 5 aromatic rings. The topological polar surface area (TPSA) is 29.3 Å². The molecule has 2 nitrogen and oxygen atoms in total. The highest BCUT2D eigenvalue weighted by atomic mass is 15.1. The summed E-state index contributed by atoms with van der Waals surface area (Å²) in [6, 6.07) is 38.7. The molecule has 0 aliphatic carbocycles. The molecule has 2 heteroatoms. The van der Waals surface area contributed by atoms with Crippen molar-refractivity contribution in [3.05, 3.63) is 120 Å². The fraction of sp³-hybridized carbons (Fsp3) is 0.0714.